The van der Waals surface area contributed by atoms with Gasteiger partial charge in [0.25, 0.3) is 0 Å². The monoisotopic (exact) mass is 466 g/mol. The number of benzene rings is 2. The Hall–Kier alpha value is -1.48. The van der Waals surface area contributed by atoms with Gasteiger partial charge in [0.05, 0.1) is 15.7 Å². The number of nitrogens with one attached hydrogen (secondary N) is 1. The van der Waals surface area contributed by atoms with Crippen molar-refractivity contribution in [2.45, 2.75) is 63.2 Å². The summed E-state index contributed by atoms with van der Waals surface area (Å²) in [6.45, 7) is 0.730. The molecular formula is C28H32Cl2N2. The standard InChI is InChI=1S/C28H32Cl2N2/c29-24-6-3-5-22(26(24)30)27-21(4-1-2-9-31)23-13-20(7-8-25(23)32-27)28-14-17-10-18(15-28)12-19(11-17)16-28/h3,5-8,13,17-19,32H,1-2,4,9-12,14-16,31H2. The second-order valence-corrected chi connectivity index (χ2v) is 11.6. The van der Waals surface area contributed by atoms with Crippen LogP contribution in [0.4, 0.5) is 0 Å². The topological polar surface area (TPSA) is 41.8 Å². The lowest BCUT2D eigenvalue weighted by molar-refractivity contribution is -0.00513. The van der Waals surface area contributed by atoms with Gasteiger partial charge >= 0.3 is 0 Å². The second kappa shape index (κ2) is 8.08. The zero-order valence-electron chi connectivity index (χ0n) is 18.6. The summed E-state index contributed by atoms with van der Waals surface area (Å²) in [5, 5.41) is 2.59. The zero-order chi connectivity index (χ0) is 21.9. The quantitative estimate of drug-likeness (QED) is 0.356. The molecule has 32 heavy (non-hydrogen) atoms. The van der Waals surface area contributed by atoms with Crippen LogP contribution in [0.1, 0.15) is 62.5 Å². The molecule has 4 aliphatic rings. The van der Waals surface area contributed by atoms with Crippen molar-refractivity contribution in [3.63, 3.8) is 0 Å². The third-order valence-corrected chi connectivity index (χ3v) is 9.48. The third kappa shape index (κ3) is 3.42. The maximum Gasteiger partial charge on any atom is 0.0685 e. The fourth-order valence-corrected chi connectivity index (χ4v) is 8.07. The molecule has 4 aliphatic carbocycles. The maximum atomic E-state index is 6.66. The van der Waals surface area contributed by atoms with E-state index in [9.17, 15) is 0 Å². The molecule has 0 spiro atoms. The Bertz CT molecular complexity index is 1130. The highest BCUT2D eigenvalue weighted by Gasteiger charge is 2.51. The molecule has 1 aromatic heterocycles. The van der Waals surface area contributed by atoms with E-state index in [1.807, 2.05) is 12.1 Å². The van der Waals surface area contributed by atoms with Crippen molar-refractivity contribution in [2.75, 3.05) is 6.54 Å². The highest BCUT2D eigenvalue weighted by atomic mass is 35.5. The molecule has 0 radical (unpaired) electrons. The predicted molar refractivity (Wildman–Crippen MR) is 136 cm³/mol. The van der Waals surface area contributed by atoms with Crippen LogP contribution >= 0.6 is 23.2 Å². The Morgan fingerprint density at radius 3 is 2.34 bits per heavy atom. The van der Waals surface area contributed by atoms with E-state index in [2.05, 4.69) is 29.2 Å². The van der Waals surface area contributed by atoms with Crippen molar-refractivity contribution in [1.82, 2.24) is 4.98 Å². The summed E-state index contributed by atoms with van der Waals surface area (Å²) in [7, 11) is 0. The average Bonchev–Trinajstić information content (AvgIpc) is 3.12. The number of hydrogen-bond donors (Lipinski definition) is 2. The first-order chi connectivity index (χ1) is 15.6. The molecule has 0 saturated heterocycles. The lowest BCUT2D eigenvalue weighted by Crippen LogP contribution is -2.48. The number of H-pyrrole nitrogens is 1. The van der Waals surface area contributed by atoms with Gasteiger partial charge in [-0.05, 0) is 117 Å². The van der Waals surface area contributed by atoms with Gasteiger partial charge in [0.1, 0.15) is 0 Å². The van der Waals surface area contributed by atoms with Gasteiger partial charge in [-0.1, -0.05) is 41.4 Å². The van der Waals surface area contributed by atoms with Crippen LogP contribution in [0.25, 0.3) is 22.2 Å². The molecule has 0 amide bonds. The summed E-state index contributed by atoms with van der Waals surface area (Å²) in [5.41, 5.74) is 12.5. The van der Waals surface area contributed by atoms with Gasteiger partial charge < -0.3 is 10.7 Å². The van der Waals surface area contributed by atoms with Crippen molar-refractivity contribution >= 4 is 34.1 Å². The molecule has 3 N–H and O–H groups in total. The minimum Gasteiger partial charge on any atom is -0.354 e. The lowest BCUT2D eigenvalue weighted by Gasteiger charge is -2.57. The first-order valence-corrected chi connectivity index (χ1v) is 13.1. The first kappa shape index (κ1) is 21.1. The van der Waals surface area contributed by atoms with Crippen molar-refractivity contribution in [1.29, 1.82) is 0 Å². The predicted octanol–water partition coefficient (Wildman–Crippen LogP) is 7.89. The highest BCUT2D eigenvalue weighted by molar-refractivity contribution is 6.43. The van der Waals surface area contributed by atoms with Crippen LogP contribution in [0.2, 0.25) is 10.0 Å². The van der Waals surface area contributed by atoms with E-state index < -0.39 is 0 Å². The summed E-state index contributed by atoms with van der Waals surface area (Å²) < 4.78 is 0. The number of aromatic amines is 1. The number of unbranched alkanes of at least 4 members (excludes halogenated alkanes) is 1. The fraction of sp³-hybridized carbons (Fsp3) is 0.500. The van der Waals surface area contributed by atoms with Gasteiger partial charge in [-0.3, -0.25) is 0 Å². The van der Waals surface area contributed by atoms with Crippen LogP contribution in [0.15, 0.2) is 36.4 Å². The Kier molecular flexibility index (Phi) is 5.32. The molecule has 4 saturated carbocycles. The number of aryl methyl sites for hydroxylation is 1. The van der Waals surface area contributed by atoms with Crippen LogP contribution < -0.4 is 5.73 Å². The van der Waals surface area contributed by atoms with Crippen LogP contribution in [-0.4, -0.2) is 11.5 Å². The van der Waals surface area contributed by atoms with Gasteiger partial charge in [-0.15, -0.1) is 0 Å². The molecule has 0 aliphatic heterocycles. The molecule has 3 aromatic rings. The molecular weight excluding hydrogens is 435 g/mol. The Morgan fingerprint density at radius 2 is 1.66 bits per heavy atom. The molecule has 4 bridgehead atoms. The van der Waals surface area contributed by atoms with Crippen molar-refractivity contribution < 1.29 is 0 Å². The van der Waals surface area contributed by atoms with Crippen LogP contribution in [0.3, 0.4) is 0 Å². The van der Waals surface area contributed by atoms with Gasteiger partial charge in [-0.25, -0.2) is 0 Å². The van der Waals surface area contributed by atoms with Gasteiger partial charge in [0.15, 0.2) is 0 Å². The van der Waals surface area contributed by atoms with Gasteiger partial charge in [-0.2, -0.15) is 0 Å². The smallest absolute Gasteiger partial charge is 0.0685 e. The van der Waals surface area contributed by atoms with Gasteiger partial charge in [0.2, 0.25) is 0 Å². The molecule has 168 valence electrons. The van der Waals surface area contributed by atoms with Crippen molar-refractivity contribution in [3.8, 4) is 11.3 Å². The van der Waals surface area contributed by atoms with E-state index in [1.54, 1.807) is 5.56 Å². The third-order valence-electron chi connectivity index (χ3n) is 8.66. The molecule has 2 nitrogen and oxygen atoms in total. The minimum atomic E-state index is 0.405. The molecule has 0 unspecified atom stereocenters. The fourth-order valence-electron chi connectivity index (χ4n) is 7.67. The lowest BCUT2D eigenvalue weighted by atomic mass is 9.48. The van der Waals surface area contributed by atoms with E-state index in [0.29, 0.717) is 15.5 Å². The number of nitrogens with two attached hydrogens (primary N) is 1. The number of rotatable bonds is 6. The van der Waals surface area contributed by atoms with Gasteiger partial charge in [0, 0.05) is 16.5 Å². The highest BCUT2D eigenvalue weighted by Crippen LogP contribution is 2.61. The molecule has 0 atom stereocenters. The number of hydrogen-bond acceptors (Lipinski definition) is 1. The second-order valence-electron chi connectivity index (χ2n) is 10.8. The molecule has 4 heteroatoms. The summed E-state index contributed by atoms with van der Waals surface area (Å²) >= 11 is 13.0. The minimum absolute atomic E-state index is 0.405. The van der Waals surface area contributed by atoms with Crippen LogP contribution in [-0.2, 0) is 11.8 Å². The van der Waals surface area contributed by atoms with Crippen LogP contribution in [0, 0.1) is 17.8 Å². The molecule has 7 rings (SSSR count). The SMILES string of the molecule is NCCCCc1c(-c2cccc(Cl)c2Cl)[nH]c2ccc(C34CC5CC(CC(C5)C3)C4)cc12. The Balaban J connectivity index is 1.47. The molecule has 4 fully saturated rings. The normalized spacial score (nSPS) is 28.7. The van der Waals surface area contributed by atoms with E-state index in [1.165, 1.54) is 55.0 Å². The number of aromatic nitrogens is 1. The average molecular weight is 467 g/mol. The van der Waals surface area contributed by atoms with E-state index >= 15 is 0 Å². The first-order valence-electron chi connectivity index (χ1n) is 12.4. The zero-order valence-corrected chi connectivity index (χ0v) is 20.1. The molecule has 1 heterocycles. The van der Waals surface area contributed by atoms with Crippen molar-refractivity contribution in [3.05, 3.63) is 57.6 Å². The van der Waals surface area contributed by atoms with Crippen LogP contribution in [0.5, 0.6) is 0 Å². The Morgan fingerprint density at radius 1 is 0.938 bits per heavy atom. The number of fused-ring (bicyclic) bond motifs is 1. The largest absolute Gasteiger partial charge is 0.354 e. The van der Waals surface area contributed by atoms with E-state index in [4.69, 9.17) is 28.9 Å². The summed E-state index contributed by atoms with van der Waals surface area (Å²) in [5.74, 6) is 2.86. The maximum absolute atomic E-state index is 6.66. The summed E-state index contributed by atoms with van der Waals surface area (Å²) in [6, 6.07) is 13.2. The summed E-state index contributed by atoms with van der Waals surface area (Å²) in [6.07, 6.45) is 11.7. The van der Waals surface area contributed by atoms with E-state index in [0.717, 1.165) is 54.8 Å². The van der Waals surface area contributed by atoms with E-state index in [-0.39, 0.29) is 0 Å². The number of halogens is 2. The molecule has 2 aromatic carbocycles. The van der Waals surface area contributed by atoms with Crippen molar-refractivity contribution in [2.24, 2.45) is 23.5 Å². The Labute approximate surface area is 200 Å². The summed E-state index contributed by atoms with van der Waals surface area (Å²) in [4.78, 5) is 3.70.